The standard InChI is InChI=1S/C20H21FN6O/c21-16-10-23-20(24-11-16)27-6-4-26(5-7-27)13-17-12-22-19(25-17)15-1-2-18-14(9-15)3-8-28-18/h1-2,9-12H,3-8,13H2,(H,22,25). The minimum absolute atomic E-state index is 0.410. The highest BCUT2D eigenvalue weighted by Gasteiger charge is 2.20. The number of aromatic nitrogens is 4. The van der Waals surface area contributed by atoms with Crippen LogP contribution in [0.15, 0.2) is 36.8 Å². The quantitative estimate of drug-likeness (QED) is 0.749. The molecular formula is C20H21FN6O. The summed E-state index contributed by atoms with van der Waals surface area (Å²) in [5.74, 6) is 2.05. The predicted molar refractivity (Wildman–Crippen MR) is 103 cm³/mol. The van der Waals surface area contributed by atoms with Gasteiger partial charge in [-0.15, -0.1) is 0 Å². The Labute approximate surface area is 162 Å². The van der Waals surface area contributed by atoms with Crippen LogP contribution in [0.4, 0.5) is 10.3 Å². The Hall–Kier alpha value is -3.00. The smallest absolute Gasteiger partial charge is 0.225 e. The van der Waals surface area contributed by atoms with E-state index >= 15 is 0 Å². The van der Waals surface area contributed by atoms with Gasteiger partial charge in [0.25, 0.3) is 0 Å². The third-order valence-corrected chi connectivity index (χ3v) is 5.24. The van der Waals surface area contributed by atoms with Crippen LogP contribution < -0.4 is 9.64 Å². The average Bonchev–Trinajstić information content (AvgIpc) is 3.38. The van der Waals surface area contributed by atoms with E-state index in [-0.39, 0.29) is 0 Å². The molecule has 7 nitrogen and oxygen atoms in total. The molecule has 1 fully saturated rings. The van der Waals surface area contributed by atoms with Crippen LogP contribution >= 0.6 is 0 Å². The Balaban J connectivity index is 1.20. The summed E-state index contributed by atoms with van der Waals surface area (Å²) in [4.78, 5) is 20.6. The van der Waals surface area contributed by atoms with Crippen LogP contribution in [0, 0.1) is 5.82 Å². The summed E-state index contributed by atoms with van der Waals surface area (Å²) in [5, 5.41) is 0. The highest BCUT2D eigenvalue weighted by molar-refractivity contribution is 5.59. The van der Waals surface area contributed by atoms with Crippen molar-refractivity contribution in [3.8, 4) is 17.1 Å². The molecule has 144 valence electrons. The maximum Gasteiger partial charge on any atom is 0.225 e. The number of anilines is 1. The third-order valence-electron chi connectivity index (χ3n) is 5.24. The van der Waals surface area contributed by atoms with Crippen LogP contribution in [0.2, 0.25) is 0 Å². The van der Waals surface area contributed by atoms with Gasteiger partial charge in [0.15, 0.2) is 5.82 Å². The van der Waals surface area contributed by atoms with Gasteiger partial charge in [0, 0.05) is 50.9 Å². The number of nitrogens with one attached hydrogen (secondary N) is 1. The average molecular weight is 380 g/mol. The number of rotatable bonds is 4. The van der Waals surface area contributed by atoms with Gasteiger partial charge < -0.3 is 14.6 Å². The molecule has 2 aliphatic heterocycles. The lowest BCUT2D eigenvalue weighted by Crippen LogP contribution is -2.46. The molecule has 1 N–H and O–H groups in total. The van der Waals surface area contributed by atoms with Gasteiger partial charge in [0.05, 0.1) is 24.7 Å². The van der Waals surface area contributed by atoms with Gasteiger partial charge in [-0.25, -0.2) is 19.3 Å². The number of H-pyrrole nitrogens is 1. The topological polar surface area (TPSA) is 70.2 Å². The minimum Gasteiger partial charge on any atom is -0.493 e. The van der Waals surface area contributed by atoms with E-state index in [0.29, 0.717) is 5.95 Å². The van der Waals surface area contributed by atoms with Gasteiger partial charge in [-0.1, -0.05) is 0 Å². The first-order valence-corrected chi connectivity index (χ1v) is 9.50. The third kappa shape index (κ3) is 3.43. The zero-order valence-electron chi connectivity index (χ0n) is 15.4. The number of hydrogen-bond donors (Lipinski definition) is 1. The van der Waals surface area contributed by atoms with E-state index in [2.05, 4.69) is 30.8 Å². The fourth-order valence-corrected chi connectivity index (χ4v) is 3.73. The number of imidazole rings is 1. The molecule has 0 radical (unpaired) electrons. The Morgan fingerprint density at radius 2 is 1.93 bits per heavy atom. The number of nitrogens with zero attached hydrogens (tertiary/aromatic N) is 5. The number of piperazine rings is 1. The molecule has 2 aliphatic rings. The molecule has 1 saturated heterocycles. The van der Waals surface area contributed by atoms with Gasteiger partial charge in [-0.2, -0.15) is 0 Å². The van der Waals surface area contributed by atoms with Crippen molar-refractivity contribution >= 4 is 5.95 Å². The first-order chi connectivity index (χ1) is 13.7. The molecule has 0 unspecified atom stereocenters. The van der Waals surface area contributed by atoms with Crippen molar-refractivity contribution < 1.29 is 9.13 Å². The normalized spacial score (nSPS) is 16.8. The van der Waals surface area contributed by atoms with Gasteiger partial charge in [0.2, 0.25) is 5.95 Å². The molecule has 2 aromatic heterocycles. The molecule has 28 heavy (non-hydrogen) atoms. The largest absolute Gasteiger partial charge is 0.493 e. The first-order valence-electron chi connectivity index (χ1n) is 9.50. The van der Waals surface area contributed by atoms with Crippen LogP contribution in [0.25, 0.3) is 11.4 Å². The maximum absolute atomic E-state index is 13.0. The molecule has 3 aromatic rings. The van der Waals surface area contributed by atoms with Crippen molar-refractivity contribution in [2.75, 3.05) is 37.7 Å². The van der Waals surface area contributed by atoms with Crippen LogP contribution in [-0.2, 0) is 13.0 Å². The van der Waals surface area contributed by atoms with Crippen LogP contribution in [-0.4, -0.2) is 57.6 Å². The summed E-state index contributed by atoms with van der Waals surface area (Å²) >= 11 is 0. The molecule has 0 saturated carbocycles. The highest BCUT2D eigenvalue weighted by Crippen LogP contribution is 2.29. The van der Waals surface area contributed by atoms with Crippen LogP contribution in [0.3, 0.4) is 0 Å². The predicted octanol–water partition coefficient (Wildman–Crippen LogP) is 2.26. The van der Waals surface area contributed by atoms with Gasteiger partial charge in [0.1, 0.15) is 11.6 Å². The molecule has 8 heteroatoms. The second-order valence-electron chi connectivity index (χ2n) is 7.13. The van der Waals surface area contributed by atoms with E-state index in [0.717, 1.165) is 68.6 Å². The Bertz CT molecular complexity index is 965. The molecular weight excluding hydrogens is 359 g/mol. The Kier molecular flexibility index (Phi) is 4.40. The van der Waals surface area contributed by atoms with E-state index in [9.17, 15) is 4.39 Å². The van der Waals surface area contributed by atoms with E-state index in [4.69, 9.17) is 9.72 Å². The summed E-state index contributed by atoms with van der Waals surface area (Å²) in [6, 6.07) is 6.23. The van der Waals surface area contributed by atoms with E-state index in [1.54, 1.807) is 0 Å². The molecule has 4 heterocycles. The molecule has 0 spiro atoms. The highest BCUT2D eigenvalue weighted by atomic mass is 19.1. The lowest BCUT2D eigenvalue weighted by Gasteiger charge is -2.34. The van der Waals surface area contributed by atoms with Gasteiger partial charge in [-0.05, 0) is 23.8 Å². The van der Waals surface area contributed by atoms with E-state index in [1.165, 1.54) is 18.0 Å². The molecule has 0 aliphatic carbocycles. The number of benzene rings is 1. The number of fused-ring (bicyclic) bond motifs is 1. The lowest BCUT2D eigenvalue weighted by molar-refractivity contribution is 0.246. The summed E-state index contributed by atoms with van der Waals surface area (Å²) in [5.41, 5.74) is 3.36. The summed E-state index contributed by atoms with van der Waals surface area (Å²) in [7, 11) is 0. The zero-order valence-corrected chi connectivity index (χ0v) is 15.4. The second kappa shape index (κ2) is 7.20. The monoisotopic (exact) mass is 380 g/mol. The van der Waals surface area contributed by atoms with Crippen molar-refractivity contribution in [3.63, 3.8) is 0 Å². The first kappa shape index (κ1) is 17.1. The second-order valence-corrected chi connectivity index (χ2v) is 7.13. The summed E-state index contributed by atoms with van der Waals surface area (Å²) < 4.78 is 18.6. The minimum atomic E-state index is -0.410. The van der Waals surface area contributed by atoms with Crippen molar-refractivity contribution in [1.82, 2.24) is 24.8 Å². The molecule has 0 amide bonds. The van der Waals surface area contributed by atoms with Crippen molar-refractivity contribution in [1.29, 1.82) is 0 Å². The maximum atomic E-state index is 13.0. The van der Waals surface area contributed by atoms with Crippen LogP contribution in [0.5, 0.6) is 5.75 Å². The van der Waals surface area contributed by atoms with Crippen molar-refractivity contribution in [2.24, 2.45) is 0 Å². The molecule has 5 rings (SSSR count). The lowest BCUT2D eigenvalue weighted by atomic mass is 10.1. The van der Waals surface area contributed by atoms with Crippen LogP contribution in [0.1, 0.15) is 11.3 Å². The summed E-state index contributed by atoms with van der Waals surface area (Å²) in [6.45, 7) is 4.96. The number of halogens is 1. The Morgan fingerprint density at radius 3 is 2.75 bits per heavy atom. The number of aromatic amines is 1. The number of ether oxygens (including phenoxy) is 1. The SMILES string of the molecule is Fc1cnc(N2CCN(Cc3c[nH]c(-c4ccc5c(c4)CCO5)n3)CC2)nc1. The molecule has 0 atom stereocenters. The van der Waals surface area contributed by atoms with E-state index < -0.39 is 5.82 Å². The summed E-state index contributed by atoms with van der Waals surface area (Å²) in [6.07, 6.45) is 5.36. The number of hydrogen-bond acceptors (Lipinski definition) is 6. The molecule has 0 bridgehead atoms. The van der Waals surface area contributed by atoms with Gasteiger partial charge >= 0.3 is 0 Å². The van der Waals surface area contributed by atoms with Crippen molar-refractivity contribution in [3.05, 3.63) is 53.9 Å². The Morgan fingerprint density at radius 1 is 1.11 bits per heavy atom. The molecule has 1 aromatic carbocycles. The van der Waals surface area contributed by atoms with Crippen molar-refractivity contribution in [2.45, 2.75) is 13.0 Å². The zero-order chi connectivity index (χ0) is 18.9. The fraction of sp³-hybridized carbons (Fsp3) is 0.350. The van der Waals surface area contributed by atoms with Gasteiger partial charge in [-0.3, -0.25) is 4.90 Å². The van der Waals surface area contributed by atoms with E-state index in [1.807, 2.05) is 18.3 Å². The fourth-order valence-electron chi connectivity index (χ4n) is 3.73.